The zero-order chi connectivity index (χ0) is 20.5. The van der Waals surface area contributed by atoms with E-state index in [1.165, 1.54) is 0 Å². The number of nitrogens with one attached hydrogen (secondary N) is 2. The van der Waals surface area contributed by atoms with Crippen molar-refractivity contribution in [3.05, 3.63) is 84.4 Å². The summed E-state index contributed by atoms with van der Waals surface area (Å²) in [5, 5.41) is 5.58. The first-order chi connectivity index (χ1) is 14.1. The van der Waals surface area contributed by atoms with Crippen LogP contribution in [-0.2, 0) is 4.79 Å². The SMILES string of the molecule is CCOc1cccc(C(=O)Nc2cccc(NC(=O)COc3ccccc3)c2)c1. The maximum Gasteiger partial charge on any atom is 0.262 e. The summed E-state index contributed by atoms with van der Waals surface area (Å²) in [6, 6.07) is 23.0. The van der Waals surface area contributed by atoms with Crippen molar-refractivity contribution in [2.24, 2.45) is 0 Å². The fraction of sp³-hybridized carbons (Fsp3) is 0.130. The van der Waals surface area contributed by atoms with Gasteiger partial charge in [0.15, 0.2) is 6.61 Å². The number of carbonyl (C=O) groups excluding carboxylic acids is 2. The highest BCUT2D eigenvalue weighted by molar-refractivity contribution is 6.05. The highest BCUT2D eigenvalue weighted by Gasteiger charge is 2.09. The second-order valence-corrected chi connectivity index (χ2v) is 6.15. The molecule has 3 rings (SSSR count). The van der Waals surface area contributed by atoms with Gasteiger partial charge in [0.05, 0.1) is 6.61 Å². The van der Waals surface area contributed by atoms with E-state index >= 15 is 0 Å². The summed E-state index contributed by atoms with van der Waals surface area (Å²) >= 11 is 0. The Balaban J connectivity index is 1.58. The molecule has 0 radical (unpaired) electrons. The van der Waals surface area contributed by atoms with Crippen LogP contribution in [0.1, 0.15) is 17.3 Å². The molecule has 0 heterocycles. The molecule has 6 nitrogen and oxygen atoms in total. The summed E-state index contributed by atoms with van der Waals surface area (Å²) in [4.78, 5) is 24.6. The summed E-state index contributed by atoms with van der Waals surface area (Å²) in [5.41, 5.74) is 1.62. The second kappa shape index (κ2) is 9.94. The minimum absolute atomic E-state index is 0.106. The first-order valence-corrected chi connectivity index (χ1v) is 9.26. The van der Waals surface area contributed by atoms with Gasteiger partial charge in [0, 0.05) is 16.9 Å². The van der Waals surface area contributed by atoms with Gasteiger partial charge < -0.3 is 20.1 Å². The molecule has 2 amide bonds. The van der Waals surface area contributed by atoms with E-state index in [4.69, 9.17) is 9.47 Å². The zero-order valence-corrected chi connectivity index (χ0v) is 16.1. The van der Waals surface area contributed by atoms with Gasteiger partial charge in [0.2, 0.25) is 0 Å². The average molecular weight is 390 g/mol. The lowest BCUT2D eigenvalue weighted by atomic mass is 10.2. The Labute approximate surface area is 169 Å². The summed E-state index contributed by atoms with van der Waals surface area (Å²) in [6.45, 7) is 2.31. The van der Waals surface area contributed by atoms with Crippen LogP contribution in [0.5, 0.6) is 11.5 Å². The molecule has 0 bridgehead atoms. The first-order valence-electron chi connectivity index (χ1n) is 9.26. The van der Waals surface area contributed by atoms with Gasteiger partial charge in [-0.1, -0.05) is 30.3 Å². The maximum atomic E-state index is 12.5. The molecular weight excluding hydrogens is 368 g/mol. The largest absolute Gasteiger partial charge is 0.494 e. The van der Waals surface area contributed by atoms with Gasteiger partial charge in [-0.15, -0.1) is 0 Å². The molecule has 3 aromatic carbocycles. The van der Waals surface area contributed by atoms with Gasteiger partial charge in [0.1, 0.15) is 11.5 Å². The first kappa shape index (κ1) is 19.9. The van der Waals surface area contributed by atoms with Crippen LogP contribution in [0.15, 0.2) is 78.9 Å². The quantitative estimate of drug-likeness (QED) is 0.599. The van der Waals surface area contributed by atoms with Crippen molar-refractivity contribution >= 4 is 23.2 Å². The molecule has 0 aliphatic heterocycles. The molecule has 0 aromatic heterocycles. The molecule has 148 valence electrons. The van der Waals surface area contributed by atoms with Crippen LogP contribution >= 0.6 is 0 Å². The van der Waals surface area contributed by atoms with Crippen LogP contribution in [0.25, 0.3) is 0 Å². The van der Waals surface area contributed by atoms with E-state index < -0.39 is 0 Å². The predicted octanol–water partition coefficient (Wildman–Crippen LogP) is 4.36. The molecule has 0 saturated heterocycles. The minimum atomic E-state index is -0.290. The van der Waals surface area contributed by atoms with Crippen molar-refractivity contribution in [1.29, 1.82) is 0 Å². The van der Waals surface area contributed by atoms with Crippen molar-refractivity contribution in [3.8, 4) is 11.5 Å². The van der Waals surface area contributed by atoms with Crippen LogP contribution < -0.4 is 20.1 Å². The summed E-state index contributed by atoms with van der Waals surface area (Å²) in [7, 11) is 0. The number of para-hydroxylation sites is 1. The van der Waals surface area contributed by atoms with E-state index in [1.54, 1.807) is 60.7 Å². The molecule has 2 N–H and O–H groups in total. The molecule has 29 heavy (non-hydrogen) atoms. The molecular formula is C23H22N2O4. The number of carbonyl (C=O) groups is 2. The average Bonchev–Trinajstić information content (AvgIpc) is 2.74. The Kier molecular flexibility index (Phi) is 6.84. The fourth-order valence-electron chi connectivity index (χ4n) is 2.63. The maximum absolute atomic E-state index is 12.5. The van der Waals surface area contributed by atoms with Gasteiger partial charge in [-0.25, -0.2) is 0 Å². The lowest BCUT2D eigenvalue weighted by molar-refractivity contribution is -0.118. The predicted molar refractivity (Wildman–Crippen MR) is 113 cm³/mol. The van der Waals surface area contributed by atoms with Gasteiger partial charge in [0.25, 0.3) is 11.8 Å². The second-order valence-electron chi connectivity index (χ2n) is 6.15. The molecule has 3 aromatic rings. The van der Waals surface area contributed by atoms with Gasteiger partial charge in [-0.2, -0.15) is 0 Å². The third kappa shape index (κ3) is 6.10. The monoisotopic (exact) mass is 390 g/mol. The number of ether oxygens (including phenoxy) is 2. The number of anilines is 2. The minimum Gasteiger partial charge on any atom is -0.494 e. The van der Waals surface area contributed by atoms with E-state index in [9.17, 15) is 9.59 Å². The van der Waals surface area contributed by atoms with Crippen molar-refractivity contribution in [3.63, 3.8) is 0 Å². The molecule has 0 aliphatic rings. The normalized spacial score (nSPS) is 10.1. The molecule has 0 spiro atoms. The van der Waals surface area contributed by atoms with Crippen LogP contribution in [0.4, 0.5) is 11.4 Å². The Hall–Kier alpha value is -3.80. The van der Waals surface area contributed by atoms with E-state index in [2.05, 4.69) is 10.6 Å². The Morgan fingerprint density at radius 3 is 2.21 bits per heavy atom. The lowest BCUT2D eigenvalue weighted by Gasteiger charge is -2.10. The highest BCUT2D eigenvalue weighted by atomic mass is 16.5. The number of hydrogen-bond acceptors (Lipinski definition) is 4. The van der Waals surface area contributed by atoms with Crippen LogP contribution in [0, 0.1) is 0 Å². The lowest BCUT2D eigenvalue weighted by Crippen LogP contribution is -2.20. The smallest absolute Gasteiger partial charge is 0.262 e. The third-order valence-electron chi connectivity index (χ3n) is 3.92. The molecule has 0 unspecified atom stereocenters. The Morgan fingerprint density at radius 2 is 1.45 bits per heavy atom. The van der Waals surface area contributed by atoms with Crippen LogP contribution in [-0.4, -0.2) is 25.0 Å². The zero-order valence-electron chi connectivity index (χ0n) is 16.1. The van der Waals surface area contributed by atoms with Crippen molar-refractivity contribution in [1.82, 2.24) is 0 Å². The van der Waals surface area contributed by atoms with Gasteiger partial charge >= 0.3 is 0 Å². The standard InChI is InChI=1S/C23H22N2O4/c1-2-28-21-13-6-8-17(14-21)23(27)25-19-10-7-9-18(15-19)24-22(26)16-29-20-11-4-3-5-12-20/h3-15H,2,16H2,1H3,(H,24,26)(H,25,27). The van der Waals surface area contributed by atoms with Gasteiger partial charge in [-0.05, 0) is 55.5 Å². The van der Waals surface area contributed by atoms with E-state index in [0.29, 0.717) is 35.0 Å². The summed E-state index contributed by atoms with van der Waals surface area (Å²) in [5.74, 6) is 0.710. The summed E-state index contributed by atoms with van der Waals surface area (Å²) < 4.78 is 10.9. The number of rotatable bonds is 8. The Bertz CT molecular complexity index is 973. The molecule has 0 atom stereocenters. The highest BCUT2D eigenvalue weighted by Crippen LogP contribution is 2.18. The topological polar surface area (TPSA) is 76.7 Å². The van der Waals surface area contributed by atoms with E-state index in [-0.39, 0.29) is 18.4 Å². The van der Waals surface area contributed by atoms with Crippen molar-refractivity contribution in [2.75, 3.05) is 23.8 Å². The van der Waals surface area contributed by atoms with Crippen molar-refractivity contribution < 1.29 is 19.1 Å². The van der Waals surface area contributed by atoms with E-state index in [1.807, 2.05) is 25.1 Å². The summed E-state index contributed by atoms with van der Waals surface area (Å²) in [6.07, 6.45) is 0. The third-order valence-corrected chi connectivity index (χ3v) is 3.92. The van der Waals surface area contributed by atoms with Crippen LogP contribution in [0.3, 0.4) is 0 Å². The number of amides is 2. The number of benzene rings is 3. The van der Waals surface area contributed by atoms with E-state index in [0.717, 1.165) is 0 Å². The fourth-order valence-corrected chi connectivity index (χ4v) is 2.63. The van der Waals surface area contributed by atoms with Gasteiger partial charge in [-0.3, -0.25) is 9.59 Å². The van der Waals surface area contributed by atoms with Crippen LogP contribution in [0.2, 0.25) is 0 Å². The molecule has 0 saturated carbocycles. The molecule has 0 fully saturated rings. The Morgan fingerprint density at radius 1 is 0.759 bits per heavy atom. The van der Waals surface area contributed by atoms with Crippen molar-refractivity contribution in [2.45, 2.75) is 6.92 Å². The molecule has 0 aliphatic carbocycles. The number of hydrogen-bond donors (Lipinski definition) is 2. The molecule has 6 heteroatoms.